The summed E-state index contributed by atoms with van der Waals surface area (Å²) in [6.45, 7) is 8.10. The van der Waals surface area contributed by atoms with E-state index in [9.17, 15) is 0 Å². The van der Waals surface area contributed by atoms with Gasteiger partial charge < -0.3 is 5.32 Å². The van der Waals surface area contributed by atoms with E-state index in [1.807, 2.05) is 31.3 Å². The highest BCUT2D eigenvalue weighted by molar-refractivity contribution is 6.30. The summed E-state index contributed by atoms with van der Waals surface area (Å²) in [6.07, 6.45) is 1.94. The van der Waals surface area contributed by atoms with Crippen LogP contribution in [0.5, 0.6) is 0 Å². The average Bonchev–Trinajstić information content (AvgIpc) is 2.80. The van der Waals surface area contributed by atoms with Crippen LogP contribution < -0.4 is 5.32 Å². The third-order valence-corrected chi connectivity index (χ3v) is 3.05. The van der Waals surface area contributed by atoms with Gasteiger partial charge in [-0.2, -0.15) is 0 Å². The Balaban J connectivity index is 2.10. The van der Waals surface area contributed by atoms with Crippen LogP contribution in [0.1, 0.15) is 25.1 Å². The van der Waals surface area contributed by atoms with Crippen molar-refractivity contribution in [2.24, 2.45) is 5.92 Å². The van der Waals surface area contributed by atoms with Crippen molar-refractivity contribution in [2.45, 2.75) is 27.3 Å². The molecule has 0 unspecified atom stereocenters. The lowest BCUT2D eigenvalue weighted by Gasteiger charge is -2.05. The topological polar surface area (TPSA) is 42.7 Å². The number of aromatic nitrogens is 3. The molecule has 2 rings (SSSR count). The quantitative estimate of drug-likeness (QED) is 0.914. The van der Waals surface area contributed by atoms with Crippen molar-refractivity contribution in [1.82, 2.24) is 20.3 Å². The summed E-state index contributed by atoms with van der Waals surface area (Å²) in [6, 6.07) is 5.76. The van der Waals surface area contributed by atoms with E-state index in [1.54, 1.807) is 4.68 Å². The van der Waals surface area contributed by atoms with Gasteiger partial charge in [0.1, 0.15) is 0 Å². The van der Waals surface area contributed by atoms with Gasteiger partial charge in [0.25, 0.3) is 0 Å². The maximum atomic E-state index is 6.02. The van der Waals surface area contributed by atoms with E-state index in [0.717, 1.165) is 30.0 Å². The van der Waals surface area contributed by atoms with E-state index in [-0.39, 0.29) is 0 Å². The molecule has 0 amide bonds. The molecule has 102 valence electrons. The zero-order valence-corrected chi connectivity index (χ0v) is 12.3. The smallest absolute Gasteiger partial charge is 0.0969 e. The molecule has 0 aliphatic heterocycles. The van der Waals surface area contributed by atoms with Crippen molar-refractivity contribution in [2.75, 3.05) is 6.54 Å². The predicted octanol–water partition coefficient (Wildman–Crippen LogP) is 2.97. The molecule has 0 fully saturated rings. The van der Waals surface area contributed by atoms with Crippen molar-refractivity contribution >= 4 is 11.6 Å². The molecule has 1 aromatic heterocycles. The second kappa shape index (κ2) is 6.17. The van der Waals surface area contributed by atoms with Gasteiger partial charge in [0.05, 0.1) is 17.6 Å². The van der Waals surface area contributed by atoms with E-state index in [1.165, 1.54) is 0 Å². The first-order valence-corrected chi connectivity index (χ1v) is 6.82. The Morgan fingerprint density at radius 3 is 2.89 bits per heavy atom. The molecule has 1 N–H and O–H groups in total. The lowest BCUT2D eigenvalue weighted by atomic mass is 10.2. The number of benzene rings is 1. The molecule has 19 heavy (non-hydrogen) atoms. The van der Waals surface area contributed by atoms with Crippen molar-refractivity contribution in [3.8, 4) is 5.69 Å². The lowest BCUT2D eigenvalue weighted by Crippen LogP contribution is -2.19. The van der Waals surface area contributed by atoms with Crippen LogP contribution in [0.15, 0.2) is 24.4 Å². The summed E-state index contributed by atoms with van der Waals surface area (Å²) in [4.78, 5) is 0. The van der Waals surface area contributed by atoms with Crippen molar-refractivity contribution in [3.05, 3.63) is 40.7 Å². The molecule has 0 spiro atoms. The number of halogens is 1. The van der Waals surface area contributed by atoms with Crippen LogP contribution in [0.2, 0.25) is 5.02 Å². The minimum atomic E-state index is 0.630. The van der Waals surface area contributed by atoms with E-state index in [0.29, 0.717) is 10.9 Å². The largest absolute Gasteiger partial charge is 0.311 e. The zero-order chi connectivity index (χ0) is 13.8. The molecule has 0 atom stereocenters. The summed E-state index contributed by atoms with van der Waals surface area (Å²) in [5.74, 6) is 0.630. The maximum absolute atomic E-state index is 6.02. The first-order chi connectivity index (χ1) is 9.06. The van der Waals surface area contributed by atoms with E-state index in [2.05, 4.69) is 29.5 Å². The van der Waals surface area contributed by atoms with Crippen LogP contribution in [0.25, 0.3) is 5.69 Å². The molecular weight excluding hydrogens is 260 g/mol. The van der Waals surface area contributed by atoms with Crippen LogP contribution >= 0.6 is 11.6 Å². The van der Waals surface area contributed by atoms with Gasteiger partial charge in [-0.05, 0) is 37.1 Å². The third-order valence-electron chi connectivity index (χ3n) is 2.82. The number of hydrogen-bond donors (Lipinski definition) is 1. The standard InChI is InChI=1S/C14H19ClN4/c1-10(2)7-16-8-13-9-19(18-17-13)14-6-12(15)5-4-11(14)3/h4-6,9-10,16H,7-8H2,1-3H3. The molecule has 0 saturated carbocycles. The first-order valence-electron chi connectivity index (χ1n) is 6.44. The molecule has 1 aromatic carbocycles. The van der Waals surface area contributed by atoms with E-state index < -0.39 is 0 Å². The fraction of sp³-hybridized carbons (Fsp3) is 0.429. The van der Waals surface area contributed by atoms with Gasteiger partial charge in [-0.15, -0.1) is 5.10 Å². The molecule has 0 aliphatic carbocycles. The molecular formula is C14H19ClN4. The van der Waals surface area contributed by atoms with Crippen molar-refractivity contribution < 1.29 is 0 Å². The summed E-state index contributed by atoms with van der Waals surface area (Å²) in [5, 5.41) is 12.4. The second-order valence-corrected chi connectivity index (χ2v) is 5.55. The molecule has 1 heterocycles. The Hall–Kier alpha value is -1.39. The van der Waals surface area contributed by atoms with Gasteiger partial charge >= 0.3 is 0 Å². The van der Waals surface area contributed by atoms with Gasteiger partial charge in [0.2, 0.25) is 0 Å². The summed E-state index contributed by atoms with van der Waals surface area (Å²) in [5.41, 5.74) is 3.02. The Labute approximate surface area is 118 Å². The minimum absolute atomic E-state index is 0.630. The Morgan fingerprint density at radius 1 is 1.37 bits per heavy atom. The number of nitrogens with one attached hydrogen (secondary N) is 1. The SMILES string of the molecule is Cc1ccc(Cl)cc1-n1cc(CNCC(C)C)nn1. The molecule has 0 radical (unpaired) electrons. The van der Waals surface area contributed by atoms with Crippen LogP contribution in [0.4, 0.5) is 0 Å². The fourth-order valence-corrected chi connectivity index (χ4v) is 1.98. The van der Waals surface area contributed by atoms with Crippen LogP contribution in [-0.2, 0) is 6.54 Å². The van der Waals surface area contributed by atoms with Crippen LogP contribution in [0, 0.1) is 12.8 Å². The number of nitrogens with zero attached hydrogens (tertiary/aromatic N) is 3. The highest BCUT2D eigenvalue weighted by atomic mass is 35.5. The number of hydrogen-bond acceptors (Lipinski definition) is 3. The van der Waals surface area contributed by atoms with E-state index in [4.69, 9.17) is 11.6 Å². The normalized spacial score (nSPS) is 11.2. The highest BCUT2D eigenvalue weighted by Gasteiger charge is 2.06. The van der Waals surface area contributed by atoms with E-state index >= 15 is 0 Å². The van der Waals surface area contributed by atoms with Crippen molar-refractivity contribution in [3.63, 3.8) is 0 Å². The van der Waals surface area contributed by atoms with Crippen LogP contribution in [0.3, 0.4) is 0 Å². The molecule has 0 bridgehead atoms. The maximum Gasteiger partial charge on any atom is 0.0969 e. The first kappa shape index (κ1) is 14.0. The Kier molecular flexibility index (Phi) is 4.56. The zero-order valence-electron chi connectivity index (χ0n) is 11.5. The minimum Gasteiger partial charge on any atom is -0.311 e. The number of rotatable bonds is 5. The number of aryl methyl sites for hydroxylation is 1. The predicted molar refractivity (Wildman–Crippen MR) is 77.7 cm³/mol. The summed E-state index contributed by atoms with van der Waals surface area (Å²) in [7, 11) is 0. The van der Waals surface area contributed by atoms with Gasteiger partial charge in [-0.25, -0.2) is 4.68 Å². The monoisotopic (exact) mass is 278 g/mol. The van der Waals surface area contributed by atoms with Crippen molar-refractivity contribution in [1.29, 1.82) is 0 Å². The van der Waals surface area contributed by atoms with Gasteiger partial charge in [0.15, 0.2) is 0 Å². The Bertz CT molecular complexity index is 548. The third kappa shape index (κ3) is 3.78. The highest BCUT2D eigenvalue weighted by Crippen LogP contribution is 2.18. The van der Waals surface area contributed by atoms with Gasteiger partial charge in [-0.1, -0.05) is 36.7 Å². The van der Waals surface area contributed by atoms with Gasteiger partial charge in [0, 0.05) is 11.6 Å². The average molecular weight is 279 g/mol. The van der Waals surface area contributed by atoms with Gasteiger partial charge in [-0.3, -0.25) is 0 Å². The fourth-order valence-electron chi connectivity index (χ4n) is 1.82. The lowest BCUT2D eigenvalue weighted by molar-refractivity contribution is 0.548. The molecule has 2 aromatic rings. The van der Waals surface area contributed by atoms with Crippen LogP contribution in [-0.4, -0.2) is 21.5 Å². The summed E-state index contributed by atoms with van der Waals surface area (Å²) < 4.78 is 1.77. The summed E-state index contributed by atoms with van der Waals surface area (Å²) >= 11 is 6.02. The second-order valence-electron chi connectivity index (χ2n) is 5.11. The molecule has 0 saturated heterocycles. The molecule has 5 heteroatoms. The Morgan fingerprint density at radius 2 is 2.16 bits per heavy atom. The molecule has 4 nitrogen and oxygen atoms in total. The molecule has 0 aliphatic rings.